The number of hydrogen-bond acceptors (Lipinski definition) is 5. The molecule has 1 atom stereocenters. The lowest BCUT2D eigenvalue weighted by Gasteiger charge is -2.46. The largest absolute Gasteiger partial charge is 0.435 e. The van der Waals surface area contributed by atoms with Crippen LogP contribution in [0.2, 0.25) is 5.02 Å². The van der Waals surface area contributed by atoms with Crippen molar-refractivity contribution in [3.05, 3.63) is 70.0 Å². The monoisotopic (exact) mass is 548 g/mol. The van der Waals surface area contributed by atoms with E-state index in [0.717, 1.165) is 12.1 Å². The summed E-state index contributed by atoms with van der Waals surface area (Å²) in [6.45, 7) is -0.493. The molecule has 2 aromatic rings. The first kappa shape index (κ1) is 24.9. The number of halogens is 6. The molecule has 6 nitrogen and oxygen atoms in total. The molecule has 0 aliphatic carbocycles. The van der Waals surface area contributed by atoms with Gasteiger partial charge in [0.1, 0.15) is 5.82 Å². The molecular weight excluding hydrogens is 531 g/mol. The topological polar surface area (TPSA) is 76.0 Å². The third-order valence-electron chi connectivity index (χ3n) is 6.70. The highest BCUT2D eigenvalue weighted by atomic mass is 35.5. The Bertz CT molecular complexity index is 1340. The maximum atomic E-state index is 15.3. The molecule has 2 saturated heterocycles. The predicted molar refractivity (Wildman–Crippen MR) is 119 cm³/mol. The van der Waals surface area contributed by atoms with Gasteiger partial charge in [-0.15, -0.1) is 0 Å². The number of sulfone groups is 1. The number of carbonyl (C=O) groups is 1. The summed E-state index contributed by atoms with van der Waals surface area (Å²) in [4.78, 5) is 18.4. The fourth-order valence-electron chi connectivity index (χ4n) is 4.67. The van der Waals surface area contributed by atoms with E-state index < -0.39 is 56.9 Å². The fraction of sp³-hybridized carbons (Fsp3) is 0.391. The van der Waals surface area contributed by atoms with Crippen molar-refractivity contribution >= 4 is 33.1 Å². The molecule has 0 aromatic heterocycles. The van der Waals surface area contributed by atoms with Crippen LogP contribution in [0.3, 0.4) is 0 Å². The van der Waals surface area contributed by atoms with E-state index in [2.05, 4.69) is 5.16 Å². The fourth-order valence-corrected chi connectivity index (χ4v) is 6.30. The van der Waals surface area contributed by atoms with Crippen LogP contribution in [0.5, 0.6) is 0 Å². The highest BCUT2D eigenvalue weighted by molar-refractivity contribution is 7.92. The van der Waals surface area contributed by atoms with Crippen molar-refractivity contribution in [2.24, 2.45) is 11.1 Å². The van der Waals surface area contributed by atoms with Crippen molar-refractivity contribution in [3.63, 3.8) is 0 Å². The van der Waals surface area contributed by atoms with Gasteiger partial charge in [0.05, 0.1) is 36.2 Å². The Morgan fingerprint density at radius 1 is 1.08 bits per heavy atom. The Kier molecular flexibility index (Phi) is 5.64. The van der Waals surface area contributed by atoms with E-state index in [1.807, 2.05) is 0 Å². The van der Waals surface area contributed by atoms with Crippen LogP contribution in [0, 0.1) is 11.7 Å². The molecular formula is C23H18ClF5N2O4S. The number of likely N-dealkylation sites (tertiary alicyclic amines) is 1. The SMILES string of the molecule is O=C(C1CS(=O)(=O)C1)N1CC(F)(c2ccc(C3=NOC(c4cc(F)cc(Cl)c4)(C(F)(F)F)C3)cc2)C1. The summed E-state index contributed by atoms with van der Waals surface area (Å²) in [6.07, 6.45) is -5.69. The molecule has 13 heteroatoms. The summed E-state index contributed by atoms with van der Waals surface area (Å²) in [7, 11) is -3.19. The van der Waals surface area contributed by atoms with Gasteiger partial charge < -0.3 is 9.74 Å². The van der Waals surface area contributed by atoms with Gasteiger partial charge in [-0.1, -0.05) is 41.0 Å². The zero-order valence-electron chi connectivity index (χ0n) is 18.4. The maximum absolute atomic E-state index is 15.3. The molecule has 0 bridgehead atoms. The van der Waals surface area contributed by atoms with Gasteiger partial charge in [-0.05, 0) is 29.3 Å². The van der Waals surface area contributed by atoms with E-state index in [-0.39, 0.29) is 46.5 Å². The van der Waals surface area contributed by atoms with Crippen molar-refractivity contribution in [1.29, 1.82) is 0 Å². The smallest absolute Gasteiger partial charge is 0.374 e. The zero-order valence-corrected chi connectivity index (χ0v) is 19.9. The summed E-state index contributed by atoms with van der Waals surface area (Å²) >= 11 is 5.76. The summed E-state index contributed by atoms with van der Waals surface area (Å²) in [5.74, 6) is -2.48. The van der Waals surface area contributed by atoms with Crippen LogP contribution in [-0.4, -0.2) is 55.7 Å². The van der Waals surface area contributed by atoms with Gasteiger partial charge in [-0.2, -0.15) is 13.2 Å². The standard InChI is InChI=1S/C23H18ClF5N2O4S/c24-17-5-16(6-18(25)7-17)22(23(27,28)29)8-19(30-35-22)13-1-3-15(4-2-13)21(26)11-31(12-21)20(32)14-9-36(33,34)10-14/h1-7,14H,8-12H2. The first-order valence-electron chi connectivity index (χ1n) is 10.8. The van der Waals surface area contributed by atoms with E-state index in [4.69, 9.17) is 16.4 Å². The van der Waals surface area contributed by atoms with Crippen LogP contribution in [0.1, 0.15) is 23.1 Å². The Morgan fingerprint density at radius 2 is 1.72 bits per heavy atom. The molecule has 0 saturated carbocycles. The molecule has 0 spiro atoms. The quantitative estimate of drug-likeness (QED) is 0.539. The number of nitrogens with zero attached hydrogens (tertiary/aromatic N) is 2. The normalized spacial score (nSPS) is 24.9. The van der Waals surface area contributed by atoms with Crippen LogP contribution in [-0.2, 0) is 30.7 Å². The number of alkyl halides is 4. The Labute approximate surface area is 207 Å². The summed E-state index contributed by atoms with van der Waals surface area (Å²) in [5, 5.41) is 3.38. The summed E-state index contributed by atoms with van der Waals surface area (Å²) in [5.41, 5.74) is -4.92. The molecule has 0 N–H and O–H groups in total. The predicted octanol–water partition coefficient (Wildman–Crippen LogP) is 4.11. The van der Waals surface area contributed by atoms with Gasteiger partial charge >= 0.3 is 6.18 Å². The molecule has 2 aromatic carbocycles. The number of rotatable bonds is 4. The molecule has 36 heavy (non-hydrogen) atoms. The second-order valence-electron chi connectivity index (χ2n) is 9.30. The van der Waals surface area contributed by atoms with E-state index in [1.54, 1.807) is 0 Å². The molecule has 3 heterocycles. The van der Waals surface area contributed by atoms with Gasteiger partial charge in [0.25, 0.3) is 5.60 Å². The number of carbonyl (C=O) groups excluding carboxylic acids is 1. The second-order valence-corrected chi connectivity index (χ2v) is 11.9. The van der Waals surface area contributed by atoms with Crippen LogP contribution in [0.25, 0.3) is 0 Å². The first-order valence-corrected chi connectivity index (χ1v) is 13.0. The lowest BCUT2D eigenvalue weighted by molar-refractivity contribution is -0.275. The minimum absolute atomic E-state index is 0.0660. The molecule has 3 aliphatic heterocycles. The van der Waals surface area contributed by atoms with Crippen LogP contribution in [0.4, 0.5) is 22.0 Å². The highest BCUT2D eigenvalue weighted by Gasteiger charge is 2.62. The molecule has 1 amide bonds. The van der Waals surface area contributed by atoms with Gasteiger partial charge in [-0.3, -0.25) is 4.79 Å². The third kappa shape index (κ3) is 4.13. The maximum Gasteiger partial charge on any atom is 0.435 e. The zero-order chi connectivity index (χ0) is 26.1. The van der Waals surface area contributed by atoms with Crippen molar-refractivity contribution in [3.8, 4) is 0 Å². The van der Waals surface area contributed by atoms with Gasteiger partial charge in [0, 0.05) is 17.0 Å². The molecule has 5 rings (SSSR count). The van der Waals surface area contributed by atoms with Crippen LogP contribution < -0.4 is 0 Å². The third-order valence-corrected chi connectivity index (χ3v) is 8.74. The van der Waals surface area contributed by atoms with E-state index >= 15 is 4.39 Å². The minimum Gasteiger partial charge on any atom is -0.374 e. The number of benzene rings is 2. The van der Waals surface area contributed by atoms with Crippen molar-refractivity contribution < 1.29 is 40.0 Å². The van der Waals surface area contributed by atoms with E-state index in [9.17, 15) is 30.8 Å². The summed E-state index contributed by atoms with van der Waals surface area (Å²) in [6, 6.07) is 8.10. The van der Waals surface area contributed by atoms with E-state index in [0.29, 0.717) is 6.07 Å². The van der Waals surface area contributed by atoms with Crippen molar-refractivity contribution in [2.45, 2.75) is 23.9 Å². The van der Waals surface area contributed by atoms with Crippen LogP contribution >= 0.6 is 11.6 Å². The molecule has 192 valence electrons. The Morgan fingerprint density at radius 3 is 2.28 bits per heavy atom. The number of oxime groups is 1. The number of hydrogen-bond donors (Lipinski definition) is 0. The Hall–Kier alpha value is -2.73. The molecule has 0 radical (unpaired) electrons. The van der Waals surface area contributed by atoms with Crippen LogP contribution in [0.15, 0.2) is 47.6 Å². The van der Waals surface area contributed by atoms with E-state index in [1.165, 1.54) is 29.2 Å². The Balaban J connectivity index is 1.30. The average Bonchev–Trinajstić information content (AvgIpc) is 3.21. The first-order chi connectivity index (χ1) is 16.7. The van der Waals surface area contributed by atoms with Crippen molar-refractivity contribution in [2.75, 3.05) is 24.6 Å². The summed E-state index contributed by atoms with van der Waals surface area (Å²) < 4.78 is 93.9. The highest BCUT2D eigenvalue weighted by Crippen LogP contribution is 2.49. The molecule has 2 fully saturated rings. The van der Waals surface area contributed by atoms with Crippen molar-refractivity contribution in [1.82, 2.24) is 4.90 Å². The molecule has 1 unspecified atom stereocenters. The average molecular weight is 549 g/mol. The lowest BCUT2D eigenvalue weighted by Crippen LogP contribution is -2.62. The molecule has 3 aliphatic rings. The minimum atomic E-state index is -4.94. The lowest BCUT2D eigenvalue weighted by atomic mass is 9.84. The second kappa shape index (κ2) is 8.14. The van der Waals surface area contributed by atoms with Gasteiger partial charge in [0.2, 0.25) is 5.91 Å². The number of amides is 1. The van der Waals surface area contributed by atoms with Gasteiger partial charge in [0.15, 0.2) is 15.5 Å². The van der Waals surface area contributed by atoms with Gasteiger partial charge in [-0.25, -0.2) is 17.2 Å².